The fourth-order valence-corrected chi connectivity index (χ4v) is 2.34. The van der Waals surface area contributed by atoms with Crippen LogP contribution in [0.3, 0.4) is 0 Å². The number of carbonyl (C=O) groups is 1. The first-order valence-electron chi connectivity index (χ1n) is 6.48. The van der Waals surface area contributed by atoms with Gasteiger partial charge < -0.3 is 10.6 Å². The van der Waals surface area contributed by atoms with E-state index in [1.165, 1.54) is 6.20 Å². The van der Waals surface area contributed by atoms with Gasteiger partial charge in [0.2, 0.25) is 0 Å². The topological polar surface area (TPSA) is 54.0 Å². The van der Waals surface area contributed by atoms with E-state index in [2.05, 4.69) is 15.6 Å². The quantitative estimate of drug-likeness (QED) is 0.877. The van der Waals surface area contributed by atoms with Crippen LogP contribution in [0.5, 0.6) is 0 Å². The third-order valence-corrected chi connectivity index (χ3v) is 3.76. The molecular formula is C15H15Cl2N3O. The highest BCUT2D eigenvalue weighted by Crippen LogP contribution is 2.33. The lowest BCUT2D eigenvalue weighted by Gasteiger charge is -2.13. The minimum absolute atomic E-state index is 0.312. The van der Waals surface area contributed by atoms with Crippen molar-refractivity contribution in [3.05, 3.63) is 51.8 Å². The molecule has 0 radical (unpaired) electrons. The van der Waals surface area contributed by atoms with Gasteiger partial charge in [0.1, 0.15) is 0 Å². The first-order chi connectivity index (χ1) is 10.0. The number of nitrogens with one attached hydrogen (secondary N) is 2. The van der Waals surface area contributed by atoms with Crippen molar-refractivity contribution in [1.29, 1.82) is 0 Å². The summed E-state index contributed by atoms with van der Waals surface area (Å²) in [4.78, 5) is 16.4. The molecule has 0 aliphatic rings. The Balaban J connectivity index is 2.33. The molecule has 0 spiro atoms. The van der Waals surface area contributed by atoms with E-state index in [1.807, 2.05) is 13.8 Å². The van der Waals surface area contributed by atoms with Crippen molar-refractivity contribution in [2.24, 2.45) is 0 Å². The van der Waals surface area contributed by atoms with Crippen molar-refractivity contribution in [1.82, 2.24) is 4.98 Å². The minimum atomic E-state index is -0.312. The first-order valence-corrected chi connectivity index (χ1v) is 7.24. The summed E-state index contributed by atoms with van der Waals surface area (Å²) in [7, 11) is 0. The maximum absolute atomic E-state index is 12.4. The fraction of sp³-hybridized carbons (Fsp3) is 0.200. The smallest absolute Gasteiger partial charge is 0.259 e. The molecule has 1 amide bonds. The number of hydrogen-bond donors (Lipinski definition) is 2. The predicted octanol–water partition coefficient (Wildman–Crippen LogP) is 4.38. The Labute approximate surface area is 133 Å². The molecule has 0 saturated carbocycles. The molecule has 6 heteroatoms. The lowest BCUT2D eigenvalue weighted by atomic mass is 10.2. The number of rotatable bonds is 4. The minimum Gasteiger partial charge on any atom is -0.385 e. The molecule has 0 aliphatic heterocycles. The Morgan fingerprint density at radius 1 is 1.29 bits per heavy atom. The van der Waals surface area contributed by atoms with Gasteiger partial charge in [-0.2, -0.15) is 0 Å². The fourth-order valence-electron chi connectivity index (χ4n) is 1.87. The molecular weight excluding hydrogens is 309 g/mol. The highest BCUT2D eigenvalue weighted by molar-refractivity contribution is 6.40. The zero-order valence-corrected chi connectivity index (χ0v) is 13.2. The summed E-state index contributed by atoms with van der Waals surface area (Å²) in [5.74, 6) is -0.312. The normalized spacial score (nSPS) is 10.3. The summed E-state index contributed by atoms with van der Waals surface area (Å²) in [5.41, 5.74) is 2.40. The Morgan fingerprint density at radius 3 is 2.76 bits per heavy atom. The van der Waals surface area contributed by atoms with Crippen LogP contribution in [-0.4, -0.2) is 17.4 Å². The maximum Gasteiger partial charge on any atom is 0.259 e. The van der Waals surface area contributed by atoms with Crippen molar-refractivity contribution < 1.29 is 4.79 Å². The summed E-state index contributed by atoms with van der Waals surface area (Å²) >= 11 is 12.3. The van der Waals surface area contributed by atoms with E-state index in [4.69, 9.17) is 23.2 Å². The second-order valence-electron chi connectivity index (χ2n) is 4.46. The van der Waals surface area contributed by atoms with Gasteiger partial charge in [-0.1, -0.05) is 29.3 Å². The van der Waals surface area contributed by atoms with Crippen LogP contribution >= 0.6 is 23.2 Å². The first kappa shape index (κ1) is 15.6. The highest BCUT2D eigenvalue weighted by atomic mass is 35.5. The summed E-state index contributed by atoms with van der Waals surface area (Å²) in [6, 6.07) is 5.25. The second kappa shape index (κ2) is 6.78. The van der Waals surface area contributed by atoms with E-state index in [0.717, 1.165) is 5.56 Å². The van der Waals surface area contributed by atoms with E-state index < -0.39 is 0 Å². The molecule has 110 valence electrons. The average Bonchev–Trinajstić information content (AvgIpc) is 2.48. The number of benzene rings is 1. The van der Waals surface area contributed by atoms with Gasteiger partial charge in [0.05, 0.1) is 27.0 Å². The molecule has 0 atom stereocenters. The molecule has 1 heterocycles. The van der Waals surface area contributed by atoms with Crippen LogP contribution in [-0.2, 0) is 0 Å². The highest BCUT2D eigenvalue weighted by Gasteiger charge is 2.16. The number of hydrogen-bond acceptors (Lipinski definition) is 3. The van der Waals surface area contributed by atoms with Gasteiger partial charge in [0.25, 0.3) is 5.91 Å². The number of nitrogens with zero attached hydrogens (tertiary/aromatic N) is 1. The van der Waals surface area contributed by atoms with E-state index in [0.29, 0.717) is 33.5 Å². The average molecular weight is 324 g/mol. The molecule has 21 heavy (non-hydrogen) atoms. The maximum atomic E-state index is 12.4. The summed E-state index contributed by atoms with van der Waals surface area (Å²) in [6.07, 6.45) is 3.13. The summed E-state index contributed by atoms with van der Waals surface area (Å²) < 4.78 is 0. The van der Waals surface area contributed by atoms with Gasteiger partial charge in [-0.25, -0.2) is 0 Å². The molecule has 0 fully saturated rings. The molecule has 2 N–H and O–H groups in total. The van der Waals surface area contributed by atoms with Crippen molar-refractivity contribution >= 4 is 40.5 Å². The van der Waals surface area contributed by atoms with E-state index in [9.17, 15) is 4.79 Å². The van der Waals surface area contributed by atoms with Crippen molar-refractivity contribution in [2.45, 2.75) is 13.8 Å². The van der Waals surface area contributed by atoms with Gasteiger partial charge >= 0.3 is 0 Å². The Kier molecular flexibility index (Phi) is 5.04. The number of pyridine rings is 1. The van der Waals surface area contributed by atoms with E-state index >= 15 is 0 Å². The standard InChI is InChI=1S/C15H15Cl2N3O/c1-3-19-12-6-7-18-8-10(12)15(21)20-14-11(16)5-4-9(2)13(14)17/h4-8H,3H2,1-2H3,(H,18,19)(H,20,21). The third-order valence-electron chi connectivity index (χ3n) is 2.96. The van der Waals surface area contributed by atoms with Gasteiger partial charge in [-0.15, -0.1) is 0 Å². The van der Waals surface area contributed by atoms with Crippen LogP contribution in [0, 0.1) is 6.92 Å². The van der Waals surface area contributed by atoms with Crippen molar-refractivity contribution in [3.8, 4) is 0 Å². The molecule has 2 rings (SSSR count). The second-order valence-corrected chi connectivity index (χ2v) is 5.24. The van der Waals surface area contributed by atoms with Gasteiger partial charge in [0, 0.05) is 18.9 Å². The van der Waals surface area contributed by atoms with Crippen LogP contribution in [0.25, 0.3) is 0 Å². The molecule has 4 nitrogen and oxygen atoms in total. The molecule has 1 aromatic carbocycles. The van der Waals surface area contributed by atoms with E-state index in [1.54, 1.807) is 24.4 Å². The summed E-state index contributed by atoms with van der Waals surface area (Å²) in [6.45, 7) is 4.51. The van der Waals surface area contributed by atoms with Gasteiger partial charge in [0.15, 0.2) is 0 Å². The zero-order chi connectivity index (χ0) is 15.4. The third kappa shape index (κ3) is 3.46. The van der Waals surface area contributed by atoms with E-state index in [-0.39, 0.29) is 5.91 Å². The van der Waals surface area contributed by atoms with Gasteiger partial charge in [-0.3, -0.25) is 9.78 Å². The molecule has 0 saturated heterocycles. The molecule has 0 unspecified atom stereocenters. The number of halogens is 2. The number of anilines is 2. The van der Waals surface area contributed by atoms with Crippen LogP contribution < -0.4 is 10.6 Å². The largest absolute Gasteiger partial charge is 0.385 e. The van der Waals surface area contributed by atoms with Gasteiger partial charge in [-0.05, 0) is 31.5 Å². The number of amides is 1. The predicted molar refractivity (Wildman–Crippen MR) is 87.6 cm³/mol. The SMILES string of the molecule is CCNc1ccncc1C(=O)Nc1c(Cl)ccc(C)c1Cl. The number of aryl methyl sites for hydroxylation is 1. The van der Waals surface area contributed by atoms with Crippen molar-refractivity contribution in [3.63, 3.8) is 0 Å². The summed E-state index contributed by atoms with van der Waals surface area (Å²) in [5, 5.41) is 6.70. The van der Waals surface area contributed by atoms with Crippen molar-refractivity contribution in [2.75, 3.05) is 17.2 Å². The van der Waals surface area contributed by atoms with Crippen LogP contribution in [0.2, 0.25) is 10.0 Å². The van der Waals surface area contributed by atoms with Crippen LogP contribution in [0.15, 0.2) is 30.6 Å². The number of aromatic nitrogens is 1. The van der Waals surface area contributed by atoms with Crippen LogP contribution in [0.4, 0.5) is 11.4 Å². The Morgan fingerprint density at radius 2 is 2.05 bits per heavy atom. The lowest BCUT2D eigenvalue weighted by molar-refractivity contribution is 0.102. The van der Waals surface area contributed by atoms with Crippen LogP contribution in [0.1, 0.15) is 22.8 Å². The Bertz CT molecular complexity index is 674. The molecule has 0 bridgehead atoms. The number of carbonyl (C=O) groups excluding carboxylic acids is 1. The monoisotopic (exact) mass is 323 g/mol. The lowest BCUT2D eigenvalue weighted by Crippen LogP contribution is -2.16. The molecule has 0 aliphatic carbocycles. The molecule has 1 aromatic heterocycles. The molecule has 2 aromatic rings. The zero-order valence-electron chi connectivity index (χ0n) is 11.7. The Hall–Kier alpha value is -1.78.